The second-order valence-corrected chi connectivity index (χ2v) is 12.3. The molecule has 0 aliphatic heterocycles. The van der Waals surface area contributed by atoms with Gasteiger partial charge in [-0.15, -0.1) is 0 Å². The van der Waals surface area contributed by atoms with Crippen molar-refractivity contribution in [3.05, 3.63) is 29.8 Å². The summed E-state index contributed by atoms with van der Waals surface area (Å²) < 4.78 is 59.8. The second-order valence-electron chi connectivity index (χ2n) is 12.3. The number of Topliss-reactive ketones (excluding diaryl/α,β-unsaturated/α-hetero) is 1. The molecule has 15 heteroatoms. The van der Waals surface area contributed by atoms with E-state index in [9.17, 15) is 14.4 Å². The van der Waals surface area contributed by atoms with Gasteiger partial charge in [0.15, 0.2) is 0 Å². The Balaban J connectivity index is 1.70. The van der Waals surface area contributed by atoms with E-state index in [2.05, 4.69) is 19.1 Å². The number of ether oxygens (including phenoxy) is 11. The van der Waals surface area contributed by atoms with Gasteiger partial charge in [-0.05, 0) is 30.5 Å². The lowest BCUT2D eigenvalue weighted by Gasteiger charge is -2.09. The average Bonchev–Trinajstić information content (AvgIpc) is 3.19. The van der Waals surface area contributed by atoms with Crippen molar-refractivity contribution in [2.45, 2.75) is 71.1 Å². The molecule has 0 spiro atoms. The molecule has 15 nitrogen and oxygen atoms in total. The number of hydrogen-bond donors (Lipinski definition) is 1. The predicted molar refractivity (Wildman–Crippen MR) is 204 cm³/mol. The summed E-state index contributed by atoms with van der Waals surface area (Å²) in [4.78, 5) is 32.7. The topological polar surface area (TPSA) is 173 Å². The lowest BCUT2D eigenvalue weighted by molar-refractivity contribution is -0.151. The molecule has 0 saturated carbocycles. The van der Waals surface area contributed by atoms with Crippen LogP contribution in [-0.2, 0) is 68.2 Å². The molecule has 1 aromatic rings. The molecule has 0 heterocycles. The van der Waals surface area contributed by atoms with E-state index in [1.807, 2.05) is 12.1 Å². The number of carbonyl (C=O) groups excluding carboxylic acids is 2. The fraction of sp³-hybridized carbons (Fsp3) is 0.775. The van der Waals surface area contributed by atoms with Crippen LogP contribution in [0.25, 0.3) is 0 Å². The van der Waals surface area contributed by atoms with Crippen LogP contribution in [0.15, 0.2) is 24.3 Å². The molecule has 0 aliphatic rings. The molecule has 0 bridgehead atoms. The minimum absolute atomic E-state index is 0.0143. The summed E-state index contributed by atoms with van der Waals surface area (Å²) in [5.41, 5.74) is 1.37. The number of benzene rings is 1. The van der Waals surface area contributed by atoms with Gasteiger partial charge >= 0.3 is 11.9 Å². The van der Waals surface area contributed by atoms with Crippen molar-refractivity contribution in [1.29, 1.82) is 0 Å². The van der Waals surface area contributed by atoms with Crippen LogP contribution >= 0.6 is 0 Å². The van der Waals surface area contributed by atoms with E-state index >= 15 is 0 Å². The number of esters is 1. The average molecular weight is 789 g/mol. The van der Waals surface area contributed by atoms with Gasteiger partial charge in [0.25, 0.3) is 0 Å². The first-order valence-corrected chi connectivity index (χ1v) is 19.9. The molecule has 0 fully saturated rings. The number of aliphatic carboxylic acids is 1. The molecule has 0 atom stereocenters. The normalized spacial score (nSPS) is 11.2. The van der Waals surface area contributed by atoms with Gasteiger partial charge < -0.3 is 57.2 Å². The first-order valence-electron chi connectivity index (χ1n) is 19.9. The summed E-state index contributed by atoms with van der Waals surface area (Å²) in [6, 6.07) is 8.41. The number of carboxylic acid groups (broad SMARTS) is 1. The SMILES string of the molecule is CCCCCCCCCc1ccc(OCCOCCOCCOCCOCCOCCOCCOCCOCCOCCOC(=O)CCC(=O)C(=O)O)cc1. The second kappa shape index (κ2) is 39.5. The highest BCUT2D eigenvalue weighted by molar-refractivity contribution is 6.32. The standard InChI is InChI=1S/C40H68O15/c1-2-3-4-5-6-7-8-9-36-10-12-37(13-11-36)54-34-32-52-30-28-50-26-24-48-22-20-46-18-16-45-17-19-47-21-23-49-25-27-51-29-31-53-33-35-55-39(42)15-14-38(41)40(43)44/h10-13H,2-9,14-35H2,1H3,(H,43,44). The molecule has 318 valence electrons. The van der Waals surface area contributed by atoms with Gasteiger partial charge in [0, 0.05) is 6.42 Å². The van der Waals surface area contributed by atoms with E-state index in [1.165, 1.54) is 50.5 Å². The quantitative estimate of drug-likeness (QED) is 0.0557. The summed E-state index contributed by atoms with van der Waals surface area (Å²) in [6.45, 7) is 10.7. The van der Waals surface area contributed by atoms with Gasteiger partial charge in [0.1, 0.15) is 19.0 Å². The summed E-state index contributed by atoms with van der Waals surface area (Å²) >= 11 is 0. The smallest absolute Gasteiger partial charge is 0.372 e. The van der Waals surface area contributed by atoms with E-state index in [-0.39, 0.29) is 26.1 Å². The van der Waals surface area contributed by atoms with E-state index in [4.69, 9.17) is 57.2 Å². The van der Waals surface area contributed by atoms with Gasteiger partial charge in [-0.2, -0.15) is 0 Å². The van der Waals surface area contributed by atoms with Gasteiger partial charge in [-0.1, -0.05) is 57.6 Å². The van der Waals surface area contributed by atoms with Crippen LogP contribution < -0.4 is 4.74 Å². The lowest BCUT2D eigenvalue weighted by atomic mass is 10.0. The zero-order valence-electron chi connectivity index (χ0n) is 33.2. The molecule has 55 heavy (non-hydrogen) atoms. The first kappa shape index (κ1) is 50.3. The molecule has 1 aromatic carbocycles. The van der Waals surface area contributed by atoms with Crippen LogP contribution in [0.5, 0.6) is 5.75 Å². The molecule has 1 N–H and O–H groups in total. The van der Waals surface area contributed by atoms with E-state index < -0.39 is 17.7 Å². The third-order valence-corrected chi connectivity index (χ3v) is 7.75. The number of carbonyl (C=O) groups is 3. The van der Waals surface area contributed by atoms with Crippen molar-refractivity contribution in [1.82, 2.24) is 0 Å². The molecule has 0 saturated heterocycles. The van der Waals surface area contributed by atoms with Crippen molar-refractivity contribution in [2.75, 3.05) is 132 Å². The highest BCUT2D eigenvalue weighted by Crippen LogP contribution is 2.15. The maximum absolute atomic E-state index is 11.4. The van der Waals surface area contributed by atoms with Crippen molar-refractivity contribution >= 4 is 17.7 Å². The largest absolute Gasteiger partial charge is 0.491 e. The number of aryl methyl sites for hydroxylation is 1. The zero-order chi connectivity index (χ0) is 39.7. The number of ketones is 1. The Morgan fingerprint density at radius 3 is 1.22 bits per heavy atom. The number of rotatable bonds is 43. The third kappa shape index (κ3) is 35.4. The van der Waals surface area contributed by atoms with Crippen LogP contribution in [0.1, 0.15) is 70.3 Å². The van der Waals surface area contributed by atoms with E-state index in [0.29, 0.717) is 119 Å². The predicted octanol–water partition coefficient (Wildman–Crippen LogP) is 4.49. The van der Waals surface area contributed by atoms with Crippen molar-refractivity contribution in [3.63, 3.8) is 0 Å². The Morgan fingerprint density at radius 2 is 0.818 bits per heavy atom. The maximum Gasteiger partial charge on any atom is 0.372 e. The Labute approximate surface area is 327 Å². The number of hydrogen-bond acceptors (Lipinski definition) is 14. The fourth-order valence-corrected chi connectivity index (χ4v) is 4.73. The molecule has 1 rings (SSSR count). The Hall–Kier alpha value is -2.73. The molecule has 0 unspecified atom stereocenters. The summed E-state index contributed by atoms with van der Waals surface area (Å²) in [5.74, 6) is -2.36. The monoisotopic (exact) mass is 788 g/mol. The van der Waals surface area contributed by atoms with Crippen molar-refractivity contribution in [2.24, 2.45) is 0 Å². The fourth-order valence-electron chi connectivity index (χ4n) is 4.73. The Bertz CT molecular complexity index is 1020. The maximum atomic E-state index is 11.4. The third-order valence-electron chi connectivity index (χ3n) is 7.75. The zero-order valence-corrected chi connectivity index (χ0v) is 33.2. The van der Waals surface area contributed by atoms with Crippen LogP contribution in [0.3, 0.4) is 0 Å². The molecule has 0 aliphatic carbocycles. The highest BCUT2D eigenvalue weighted by Gasteiger charge is 2.14. The Kier molecular flexibility index (Phi) is 36.1. The molecular weight excluding hydrogens is 720 g/mol. The summed E-state index contributed by atoms with van der Waals surface area (Å²) in [6.07, 6.45) is 9.78. The van der Waals surface area contributed by atoms with Crippen molar-refractivity contribution in [3.8, 4) is 5.75 Å². The number of unbranched alkanes of at least 4 members (excludes halogenated alkanes) is 6. The summed E-state index contributed by atoms with van der Waals surface area (Å²) in [7, 11) is 0. The first-order chi connectivity index (χ1) is 27.0. The van der Waals surface area contributed by atoms with E-state index in [0.717, 1.165) is 12.2 Å². The lowest BCUT2D eigenvalue weighted by Crippen LogP contribution is -2.17. The number of carboxylic acids is 1. The minimum atomic E-state index is -1.56. The van der Waals surface area contributed by atoms with Gasteiger partial charge in [0.2, 0.25) is 5.78 Å². The van der Waals surface area contributed by atoms with Crippen LogP contribution in [0.4, 0.5) is 0 Å². The molecule has 0 radical (unpaired) electrons. The van der Waals surface area contributed by atoms with E-state index in [1.54, 1.807) is 0 Å². The van der Waals surface area contributed by atoms with Gasteiger partial charge in [-0.3, -0.25) is 9.59 Å². The van der Waals surface area contributed by atoms with Crippen molar-refractivity contribution < 1.29 is 71.6 Å². The molecular formula is C40H68O15. The van der Waals surface area contributed by atoms with Crippen LogP contribution in [-0.4, -0.2) is 155 Å². The van der Waals surface area contributed by atoms with Crippen LogP contribution in [0, 0.1) is 0 Å². The molecule has 0 amide bonds. The van der Waals surface area contributed by atoms with Crippen LogP contribution in [0.2, 0.25) is 0 Å². The van der Waals surface area contributed by atoms with Gasteiger partial charge in [-0.25, -0.2) is 4.79 Å². The Morgan fingerprint density at radius 1 is 0.455 bits per heavy atom. The van der Waals surface area contributed by atoms with Gasteiger partial charge in [0.05, 0.1) is 125 Å². The summed E-state index contributed by atoms with van der Waals surface area (Å²) in [5, 5.41) is 8.46. The molecule has 0 aromatic heterocycles. The highest BCUT2D eigenvalue weighted by atomic mass is 16.6. The minimum Gasteiger partial charge on any atom is -0.491 e.